The lowest BCUT2D eigenvalue weighted by Gasteiger charge is -2.05. The number of halogens is 2. The molecular weight excluding hydrogens is 263 g/mol. The van der Waals surface area contributed by atoms with Gasteiger partial charge in [-0.15, -0.1) is 0 Å². The van der Waals surface area contributed by atoms with Crippen molar-refractivity contribution >= 4 is 29.3 Å². The van der Waals surface area contributed by atoms with E-state index in [1.54, 1.807) is 11.8 Å². The summed E-state index contributed by atoms with van der Waals surface area (Å²) in [5.41, 5.74) is 0.0801. The Balaban J connectivity index is 2.44. The predicted molar refractivity (Wildman–Crippen MR) is 69.2 cm³/mol. The number of carbonyl (C=O) groups is 1. The fourth-order valence-electron chi connectivity index (χ4n) is 1.25. The minimum atomic E-state index is -0.568. The lowest BCUT2D eigenvalue weighted by Crippen LogP contribution is -2.25. The molecule has 0 aliphatic heterocycles. The molecule has 0 aliphatic rings. The lowest BCUT2D eigenvalue weighted by molar-refractivity contribution is 0.0952. The van der Waals surface area contributed by atoms with E-state index in [4.69, 9.17) is 11.6 Å². The number of hydrogen-bond donors (Lipinski definition) is 1. The van der Waals surface area contributed by atoms with Gasteiger partial charge in [0.1, 0.15) is 11.0 Å². The second kappa shape index (κ2) is 7.50. The molecule has 0 aromatic carbocycles. The number of carbonyl (C=O) groups excluding carboxylic acids is 1. The van der Waals surface area contributed by atoms with Crippen molar-refractivity contribution < 1.29 is 9.18 Å². The van der Waals surface area contributed by atoms with Crippen LogP contribution in [-0.2, 0) is 0 Å². The molecule has 1 N–H and O–H groups in total. The van der Waals surface area contributed by atoms with Crippen molar-refractivity contribution in [3.63, 3.8) is 0 Å². The van der Waals surface area contributed by atoms with E-state index in [9.17, 15) is 9.18 Å². The summed E-state index contributed by atoms with van der Waals surface area (Å²) in [6, 6.07) is 1.09. The zero-order chi connectivity index (χ0) is 12.7. The molecular formula is C11H14ClFN2OS. The van der Waals surface area contributed by atoms with Crippen LogP contribution in [0.1, 0.15) is 23.2 Å². The molecule has 0 unspecified atom stereocenters. The number of nitrogens with zero attached hydrogens (tertiary/aromatic N) is 1. The minimum absolute atomic E-state index is 0.0213. The van der Waals surface area contributed by atoms with Crippen LogP contribution < -0.4 is 5.32 Å². The van der Waals surface area contributed by atoms with E-state index in [-0.39, 0.29) is 16.6 Å². The quantitative estimate of drug-likeness (QED) is 0.642. The van der Waals surface area contributed by atoms with Crippen LogP contribution in [0.5, 0.6) is 0 Å². The molecule has 0 spiro atoms. The first-order chi connectivity index (χ1) is 8.15. The zero-order valence-corrected chi connectivity index (χ0v) is 11.1. The first-order valence-electron chi connectivity index (χ1n) is 5.23. The molecule has 1 aromatic rings. The highest BCUT2D eigenvalue weighted by atomic mass is 35.5. The van der Waals surface area contributed by atoms with Crippen LogP contribution in [-0.4, -0.2) is 29.4 Å². The van der Waals surface area contributed by atoms with E-state index in [2.05, 4.69) is 10.3 Å². The molecule has 1 heterocycles. The largest absolute Gasteiger partial charge is 0.352 e. The van der Waals surface area contributed by atoms with Crippen LogP contribution in [0.25, 0.3) is 0 Å². The van der Waals surface area contributed by atoms with E-state index in [1.807, 2.05) is 6.26 Å². The van der Waals surface area contributed by atoms with E-state index >= 15 is 0 Å². The van der Waals surface area contributed by atoms with Crippen molar-refractivity contribution in [3.05, 3.63) is 28.8 Å². The monoisotopic (exact) mass is 276 g/mol. The first kappa shape index (κ1) is 14.3. The van der Waals surface area contributed by atoms with Gasteiger partial charge in [0.2, 0.25) is 0 Å². The summed E-state index contributed by atoms with van der Waals surface area (Å²) in [5.74, 6) is 0.117. The fraction of sp³-hybridized carbons (Fsp3) is 0.455. The molecule has 0 radical (unpaired) electrons. The second-order valence-electron chi connectivity index (χ2n) is 3.45. The standard InChI is InChI=1S/C11H14ClFN2OS/c1-17-5-3-2-4-14-11(16)9-6-8(13)7-15-10(9)12/h6-7H,2-5H2,1H3,(H,14,16). The molecule has 1 aromatic heterocycles. The summed E-state index contributed by atoms with van der Waals surface area (Å²) in [6.45, 7) is 0.562. The van der Waals surface area contributed by atoms with Crippen LogP contribution in [0.15, 0.2) is 12.3 Å². The summed E-state index contributed by atoms with van der Waals surface area (Å²) >= 11 is 7.48. The van der Waals surface area contributed by atoms with Gasteiger partial charge in [0.05, 0.1) is 11.8 Å². The molecule has 94 valence electrons. The van der Waals surface area contributed by atoms with Gasteiger partial charge in [-0.2, -0.15) is 11.8 Å². The Labute approximate surface area is 109 Å². The van der Waals surface area contributed by atoms with Gasteiger partial charge in [-0.05, 0) is 30.9 Å². The molecule has 1 amide bonds. The van der Waals surface area contributed by atoms with Gasteiger partial charge < -0.3 is 5.32 Å². The number of amides is 1. The summed E-state index contributed by atoms with van der Waals surface area (Å²) in [6.07, 6.45) is 4.96. The molecule has 0 aliphatic carbocycles. The summed E-state index contributed by atoms with van der Waals surface area (Å²) in [7, 11) is 0. The van der Waals surface area contributed by atoms with Crippen LogP contribution in [0.4, 0.5) is 4.39 Å². The second-order valence-corrected chi connectivity index (χ2v) is 4.79. The highest BCUT2D eigenvalue weighted by molar-refractivity contribution is 7.98. The number of hydrogen-bond acceptors (Lipinski definition) is 3. The normalized spacial score (nSPS) is 10.3. The Morgan fingerprint density at radius 1 is 1.59 bits per heavy atom. The molecule has 17 heavy (non-hydrogen) atoms. The van der Waals surface area contributed by atoms with Gasteiger partial charge in [0.15, 0.2) is 0 Å². The Hall–Kier alpha value is -0.810. The maximum absolute atomic E-state index is 12.9. The Kier molecular flexibility index (Phi) is 6.29. The smallest absolute Gasteiger partial charge is 0.254 e. The molecule has 1 rings (SSSR count). The average molecular weight is 277 g/mol. The fourth-order valence-corrected chi connectivity index (χ4v) is 1.93. The third-order valence-electron chi connectivity index (χ3n) is 2.11. The number of nitrogens with one attached hydrogen (secondary N) is 1. The topological polar surface area (TPSA) is 42.0 Å². The number of thioether (sulfide) groups is 1. The SMILES string of the molecule is CSCCCCNC(=O)c1cc(F)cnc1Cl. The van der Waals surface area contributed by atoms with E-state index in [1.165, 1.54) is 0 Å². The predicted octanol–water partition coefficient (Wildman–Crippen LogP) is 2.75. The van der Waals surface area contributed by atoms with Crippen molar-refractivity contribution in [2.75, 3.05) is 18.6 Å². The molecule has 0 atom stereocenters. The van der Waals surface area contributed by atoms with Crippen LogP contribution in [0, 0.1) is 5.82 Å². The third kappa shape index (κ3) is 4.91. The summed E-state index contributed by atoms with van der Waals surface area (Å²) in [5, 5.41) is 2.71. The summed E-state index contributed by atoms with van der Waals surface area (Å²) < 4.78 is 12.9. The van der Waals surface area contributed by atoms with Gasteiger partial charge in [-0.3, -0.25) is 4.79 Å². The average Bonchev–Trinajstić information content (AvgIpc) is 2.32. The zero-order valence-electron chi connectivity index (χ0n) is 9.50. The molecule has 3 nitrogen and oxygen atoms in total. The van der Waals surface area contributed by atoms with Gasteiger partial charge >= 0.3 is 0 Å². The first-order valence-corrected chi connectivity index (χ1v) is 7.00. The number of rotatable bonds is 6. The maximum atomic E-state index is 12.9. The van der Waals surface area contributed by atoms with E-state index in [0.29, 0.717) is 6.54 Å². The highest BCUT2D eigenvalue weighted by Gasteiger charge is 2.11. The van der Waals surface area contributed by atoms with Crippen LogP contribution in [0.2, 0.25) is 5.15 Å². The Morgan fingerprint density at radius 2 is 2.35 bits per heavy atom. The number of aromatic nitrogens is 1. The van der Waals surface area contributed by atoms with Crippen LogP contribution >= 0.6 is 23.4 Å². The van der Waals surface area contributed by atoms with Crippen molar-refractivity contribution in [2.24, 2.45) is 0 Å². The molecule has 0 saturated carbocycles. The number of pyridine rings is 1. The Bertz CT molecular complexity index is 390. The third-order valence-corrected chi connectivity index (χ3v) is 3.11. The molecule has 0 saturated heterocycles. The van der Waals surface area contributed by atoms with Crippen molar-refractivity contribution in [3.8, 4) is 0 Å². The lowest BCUT2D eigenvalue weighted by atomic mass is 10.2. The van der Waals surface area contributed by atoms with Gasteiger partial charge in [-0.1, -0.05) is 11.6 Å². The van der Waals surface area contributed by atoms with Crippen molar-refractivity contribution in [1.82, 2.24) is 10.3 Å². The van der Waals surface area contributed by atoms with Gasteiger partial charge in [-0.25, -0.2) is 9.37 Å². The van der Waals surface area contributed by atoms with Crippen molar-refractivity contribution in [1.29, 1.82) is 0 Å². The van der Waals surface area contributed by atoms with Gasteiger partial charge in [0, 0.05) is 6.54 Å². The molecule has 0 fully saturated rings. The number of unbranched alkanes of at least 4 members (excludes halogenated alkanes) is 1. The highest BCUT2D eigenvalue weighted by Crippen LogP contribution is 2.13. The minimum Gasteiger partial charge on any atom is -0.352 e. The van der Waals surface area contributed by atoms with Gasteiger partial charge in [0.25, 0.3) is 5.91 Å². The maximum Gasteiger partial charge on any atom is 0.254 e. The Morgan fingerprint density at radius 3 is 3.06 bits per heavy atom. The summed E-state index contributed by atoms with van der Waals surface area (Å²) in [4.78, 5) is 15.2. The van der Waals surface area contributed by atoms with Crippen molar-refractivity contribution in [2.45, 2.75) is 12.8 Å². The molecule has 6 heteroatoms. The van der Waals surface area contributed by atoms with E-state index < -0.39 is 5.82 Å². The molecule has 0 bridgehead atoms. The van der Waals surface area contributed by atoms with Crippen LogP contribution in [0.3, 0.4) is 0 Å². The van der Waals surface area contributed by atoms with E-state index in [0.717, 1.165) is 30.9 Å².